The van der Waals surface area contributed by atoms with Gasteiger partial charge in [-0.3, -0.25) is 9.59 Å². The predicted molar refractivity (Wildman–Crippen MR) is 117 cm³/mol. The Morgan fingerprint density at radius 1 is 0.933 bits per heavy atom. The minimum Gasteiger partial charge on any atom is -0.497 e. The second kappa shape index (κ2) is 8.24. The zero-order chi connectivity index (χ0) is 21.5. The van der Waals surface area contributed by atoms with Gasteiger partial charge in [0.05, 0.1) is 7.11 Å². The number of hydrogen-bond donors (Lipinski definition) is 2. The molecule has 0 radical (unpaired) electrons. The van der Waals surface area contributed by atoms with Crippen molar-refractivity contribution < 1.29 is 14.3 Å². The predicted octanol–water partition coefficient (Wildman–Crippen LogP) is 4.17. The molecule has 5 heteroatoms. The summed E-state index contributed by atoms with van der Waals surface area (Å²) in [5.74, 6) is 2.98. The molecule has 0 saturated heterocycles. The highest BCUT2D eigenvalue weighted by atomic mass is 16.5. The largest absolute Gasteiger partial charge is 0.497 e. The molecule has 4 saturated carbocycles. The third-order valence-electron chi connectivity index (χ3n) is 7.95. The molecule has 4 aliphatic carbocycles. The maximum Gasteiger partial charge on any atom is 0.251 e. The molecule has 5 rings (SSSR count). The fourth-order valence-electron chi connectivity index (χ4n) is 6.67. The Kier molecular flexibility index (Phi) is 5.82. The second-order valence-corrected chi connectivity index (χ2v) is 10.4. The Morgan fingerprint density at radius 2 is 1.47 bits per heavy atom. The Balaban J connectivity index is 1.41. The third-order valence-corrected chi connectivity index (χ3v) is 7.95. The van der Waals surface area contributed by atoms with E-state index in [0.717, 1.165) is 17.8 Å². The molecule has 4 aliphatic rings. The number of carbonyl (C=O) groups excluding carboxylic acids is 2. The van der Waals surface area contributed by atoms with Gasteiger partial charge in [-0.2, -0.15) is 0 Å². The average Bonchev–Trinajstić information content (AvgIpc) is 2.70. The van der Waals surface area contributed by atoms with E-state index in [2.05, 4.69) is 17.6 Å². The van der Waals surface area contributed by atoms with Crippen LogP contribution in [0.15, 0.2) is 24.3 Å². The van der Waals surface area contributed by atoms with E-state index in [1.807, 2.05) is 13.8 Å². The third kappa shape index (κ3) is 4.08. The van der Waals surface area contributed by atoms with Crippen molar-refractivity contribution in [1.82, 2.24) is 10.6 Å². The van der Waals surface area contributed by atoms with Gasteiger partial charge in [-0.05, 0) is 98.8 Å². The molecule has 2 N–H and O–H groups in total. The number of rotatable bonds is 7. The van der Waals surface area contributed by atoms with E-state index in [4.69, 9.17) is 4.74 Å². The van der Waals surface area contributed by atoms with Crippen molar-refractivity contribution in [3.63, 3.8) is 0 Å². The summed E-state index contributed by atoms with van der Waals surface area (Å²) in [5, 5.41) is 6.28. The number of benzene rings is 1. The molecule has 0 spiro atoms. The Morgan fingerprint density at radius 3 is 1.93 bits per heavy atom. The Bertz CT molecular complexity index is 751. The van der Waals surface area contributed by atoms with Gasteiger partial charge in [-0.25, -0.2) is 0 Å². The second-order valence-electron chi connectivity index (χ2n) is 10.4. The van der Waals surface area contributed by atoms with E-state index >= 15 is 0 Å². The number of hydrogen-bond acceptors (Lipinski definition) is 3. The van der Waals surface area contributed by atoms with Crippen LogP contribution in [0.3, 0.4) is 0 Å². The summed E-state index contributed by atoms with van der Waals surface area (Å²) in [6.07, 6.45) is 7.95. The molecule has 4 bridgehead atoms. The molecule has 0 aliphatic heterocycles. The molecule has 2 atom stereocenters. The van der Waals surface area contributed by atoms with Crippen molar-refractivity contribution in [3.8, 4) is 5.75 Å². The first kappa shape index (κ1) is 21.2. The smallest absolute Gasteiger partial charge is 0.251 e. The zero-order valence-corrected chi connectivity index (χ0v) is 18.7. The summed E-state index contributed by atoms with van der Waals surface area (Å²) in [4.78, 5) is 25.9. The van der Waals surface area contributed by atoms with E-state index in [0.29, 0.717) is 11.3 Å². The highest BCUT2D eigenvalue weighted by Gasteiger charge is 2.53. The molecule has 0 aromatic heterocycles. The number of nitrogens with one attached hydrogen (secondary N) is 2. The van der Waals surface area contributed by atoms with Crippen LogP contribution in [-0.2, 0) is 4.79 Å². The van der Waals surface area contributed by atoms with Gasteiger partial charge >= 0.3 is 0 Å². The van der Waals surface area contributed by atoms with Crippen LogP contribution in [0.2, 0.25) is 0 Å². The van der Waals surface area contributed by atoms with E-state index in [1.165, 1.54) is 38.5 Å². The van der Waals surface area contributed by atoms with Gasteiger partial charge in [0.25, 0.3) is 5.91 Å². The fraction of sp³-hybridized carbons (Fsp3) is 0.680. The molecule has 2 unspecified atom stereocenters. The first-order valence-electron chi connectivity index (χ1n) is 11.5. The molecule has 1 aromatic rings. The molecular formula is C25H36N2O3. The standard InChI is InChI=1S/C25H36N2O3/c1-15(2)22(27-23(28)20-5-7-21(30-4)8-6-20)24(29)26-16(3)25-12-17-9-18(13-25)11-19(10-17)14-25/h5-8,15-19,22H,9-14H2,1-4H3,(H,26,29)(H,27,28). The molecule has 30 heavy (non-hydrogen) atoms. The summed E-state index contributed by atoms with van der Waals surface area (Å²) in [5.41, 5.74) is 0.787. The van der Waals surface area contributed by atoms with Crippen molar-refractivity contribution in [2.24, 2.45) is 29.1 Å². The highest BCUT2D eigenvalue weighted by Crippen LogP contribution is 2.61. The summed E-state index contributed by atoms with van der Waals surface area (Å²) in [6.45, 7) is 6.15. The van der Waals surface area contributed by atoms with Gasteiger partial charge in [-0.1, -0.05) is 13.8 Å². The van der Waals surface area contributed by atoms with Gasteiger partial charge in [0.1, 0.15) is 11.8 Å². The number of carbonyl (C=O) groups is 2. The lowest BCUT2D eigenvalue weighted by Gasteiger charge is -2.59. The maximum absolute atomic E-state index is 13.2. The number of methoxy groups -OCH3 is 1. The normalized spacial score (nSPS) is 31.3. The van der Waals surface area contributed by atoms with Crippen molar-refractivity contribution in [2.75, 3.05) is 7.11 Å². The van der Waals surface area contributed by atoms with Gasteiger partial charge < -0.3 is 15.4 Å². The summed E-state index contributed by atoms with van der Waals surface area (Å²) >= 11 is 0. The van der Waals surface area contributed by atoms with Crippen molar-refractivity contribution in [2.45, 2.75) is 71.4 Å². The SMILES string of the molecule is COc1ccc(C(=O)NC(C(=O)NC(C)C23CC4CC(CC(C4)C2)C3)C(C)C)cc1. The van der Waals surface area contributed by atoms with Gasteiger partial charge in [-0.15, -0.1) is 0 Å². The Hall–Kier alpha value is -2.04. The van der Waals surface area contributed by atoms with Crippen molar-refractivity contribution in [3.05, 3.63) is 29.8 Å². The fourth-order valence-corrected chi connectivity index (χ4v) is 6.67. The molecule has 2 amide bonds. The van der Waals surface area contributed by atoms with E-state index in [1.54, 1.807) is 31.4 Å². The van der Waals surface area contributed by atoms with Gasteiger partial charge in [0.2, 0.25) is 5.91 Å². The first-order valence-corrected chi connectivity index (χ1v) is 11.5. The van der Waals surface area contributed by atoms with Crippen LogP contribution < -0.4 is 15.4 Å². The minimum absolute atomic E-state index is 0.00996. The molecular weight excluding hydrogens is 376 g/mol. The molecule has 1 aromatic carbocycles. The van der Waals surface area contributed by atoms with Gasteiger partial charge in [0, 0.05) is 11.6 Å². The lowest BCUT2D eigenvalue weighted by molar-refractivity contribution is -0.128. The molecule has 164 valence electrons. The van der Waals surface area contributed by atoms with Crippen molar-refractivity contribution in [1.29, 1.82) is 0 Å². The molecule has 4 fully saturated rings. The van der Waals surface area contributed by atoms with Gasteiger partial charge in [0.15, 0.2) is 0 Å². The van der Waals surface area contributed by atoms with Crippen LogP contribution in [-0.4, -0.2) is 31.0 Å². The van der Waals surface area contributed by atoms with Crippen LogP contribution in [0.4, 0.5) is 0 Å². The lowest BCUT2D eigenvalue weighted by atomic mass is 9.48. The van der Waals surface area contributed by atoms with Crippen LogP contribution in [0.1, 0.15) is 69.7 Å². The van der Waals surface area contributed by atoms with E-state index < -0.39 is 6.04 Å². The van der Waals surface area contributed by atoms with E-state index in [9.17, 15) is 9.59 Å². The topological polar surface area (TPSA) is 67.4 Å². The molecule has 0 heterocycles. The van der Waals surface area contributed by atoms with Crippen LogP contribution in [0.5, 0.6) is 5.75 Å². The van der Waals surface area contributed by atoms with Crippen molar-refractivity contribution >= 4 is 11.8 Å². The average molecular weight is 413 g/mol. The highest BCUT2D eigenvalue weighted by molar-refractivity contribution is 5.97. The summed E-state index contributed by atoms with van der Waals surface area (Å²) in [7, 11) is 1.60. The van der Waals surface area contributed by atoms with Crippen LogP contribution in [0.25, 0.3) is 0 Å². The number of ether oxygens (including phenoxy) is 1. The maximum atomic E-state index is 13.2. The first-order chi connectivity index (χ1) is 14.3. The Labute approximate surface area is 180 Å². The summed E-state index contributed by atoms with van der Waals surface area (Å²) < 4.78 is 5.15. The van der Waals surface area contributed by atoms with Crippen LogP contribution in [0, 0.1) is 29.1 Å². The summed E-state index contributed by atoms with van der Waals surface area (Å²) in [6, 6.07) is 6.57. The molecule has 5 nitrogen and oxygen atoms in total. The number of amides is 2. The quantitative estimate of drug-likeness (QED) is 0.706. The zero-order valence-electron chi connectivity index (χ0n) is 18.7. The lowest BCUT2D eigenvalue weighted by Crippen LogP contribution is -2.59. The monoisotopic (exact) mass is 412 g/mol. The van der Waals surface area contributed by atoms with E-state index in [-0.39, 0.29) is 29.2 Å². The van der Waals surface area contributed by atoms with Crippen LogP contribution >= 0.6 is 0 Å². The minimum atomic E-state index is -0.545.